The second-order valence-corrected chi connectivity index (χ2v) is 10.8. The quantitative estimate of drug-likeness (QED) is 0.244. The number of fused-ring (bicyclic) bond motifs is 1. The maximum Gasteiger partial charge on any atom is 0.407 e. The third-order valence-electron chi connectivity index (χ3n) is 6.73. The van der Waals surface area contributed by atoms with Crippen LogP contribution in [0.15, 0.2) is 54.9 Å². The summed E-state index contributed by atoms with van der Waals surface area (Å²) in [6, 6.07) is 14.8. The Morgan fingerprint density at radius 2 is 2.05 bits per heavy atom. The number of methoxy groups -OCH3 is 1. The first-order chi connectivity index (χ1) is 18.8. The molecule has 1 amide bonds. The molecule has 204 valence electrons. The minimum atomic E-state index is -0.892. The summed E-state index contributed by atoms with van der Waals surface area (Å²) in [5.74, 6) is 0.688. The Labute approximate surface area is 234 Å². The van der Waals surface area contributed by atoms with Gasteiger partial charge in [-0.25, -0.2) is 14.6 Å². The molecule has 0 bridgehead atoms. The third kappa shape index (κ3) is 5.81. The molecule has 2 aromatic heterocycles. The zero-order valence-electron chi connectivity index (χ0n) is 21.5. The Balaban J connectivity index is 1.39. The number of ether oxygens (including phenoxy) is 3. The Morgan fingerprint density at radius 1 is 1.23 bits per heavy atom. The van der Waals surface area contributed by atoms with Crippen LogP contribution in [0.2, 0.25) is 5.02 Å². The third-order valence-corrected chi connectivity index (χ3v) is 8.17. The Hall–Kier alpha value is -3.76. The van der Waals surface area contributed by atoms with Crippen LogP contribution in [-0.2, 0) is 4.74 Å². The molecule has 0 saturated carbocycles. The number of benzene rings is 2. The van der Waals surface area contributed by atoms with E-state index in [1.54, 1.807) is 18.5 Å². The predicted octanol–water partition coefficient (Wildman–Crippen LogP) is 6.44. The second kappa shape index (κ2) is 11.5. The van der Waals surface area contributed by atoms with Crippen LogP contribution >= 0.6 is 22.9 Å². The fourth-order valence-electron chi connectivity index (χ4n) is 4.70. The molecule has 0 radical (unpaired) electrons. The number of esters is 1. The molecule has 9 nitrogen and oxygen atoms in total. The fraction of sp³-hybridized carbons (Fsp3) is 0.321. The summed E-state index contributed by atoms with van der Waals surface area (Å²) in [5.41, 5.74) is 2.37. The molecular formula is C28H28ClN3O6S. The van der Waals surface area contributed by atoms with E-state index in [0.717, 1.165) is 34.4 Å². The summed E-state index contributed by atoms with van der Waals surface area (Å²) in [6.45, 7) is 3.33. The lowest BCUT2D eigenvalue weighted by molar-refractivity contribution is 0.0599. The normalized spacial score (nSPS) is 16.2. The van der Waals surface area contributed by atoms with Crippen molar-refractivity contribution in [3.63, 3.8) is 0 Å². The predicted molar refractivity (Wildman–Crippen MR) is 149 cm³/mol. The number of carbonyl (C=O) groups excluding carboxylic acids is 1. The molecule has 1 aliphatic rings. The number of hydrogen-bond donors (Lipinski definition) is 1. The van der Waals surface area contributed by atoms with Crippen molar-refractivity contribution in [3.05, 3.63) is 70.3 Å². The van der Waals surface area contributed by atoms with E-state index >= 15 is 0 Å². The summed E-state index contributed by atoms with van der Waals surface area (Å²) in [5, 5.41) is 10.6. The highest BCUT2D eigenvalue weighted by atomic mass is 35.5. The fourth-order valence-corrected chi connectivity index (χ4v) is 5.99. The summed E-state index contributed by atoms with van der Waals surface area (Å²) in [6.07, 6.45) is 2.14. The highest BCUT2D eigenvalue weighted by Gasteiger charge is 2.25. The molecule has 2 aromatic carbocycles. The van der Waals surface area contributed by atoms with Crippen molar-refractivity contribution < 1.29 is 28.9 Å². The number of nitrogens with zero attached hydrogens (tertiary/aromatic N) is 3. The van der Waals surface area contributed by atoms with E-state index < -0.39 is 18.2 Å². The van der Waals surface area contributed by atoms with Gasteiger partial charge in [0.15, 0.2) is 4.88 Å². The smallest absolute Gasteiger partial charge is 0.407 e. The number of aromatic nitrogens is 2. The van der Waals surface area contributed by atoms with Crippen molar-refractivity contribution >= 4 is 46.0 Å². The largest absolute Gasteiger partial charge is 0.493 e. The van der Waals surface area contributed by atoms with E-state index in [2.05, 4.69) is 4.98 Å². The highest BCUT2D eigenvalue weighted by Crippen LogP contribution is 2.38. The maximum atomic E-state index is 12.6. The first kappa shape index (κ1) is 26.8. The Morgan fingerprint density at radius 3 is 2.82 bits per heavy atom. The number of thiophene rings is 1. The minimum absolute atomic E-state index is 0.134. The number of carbonyl (C=O) groups is 2. The summed E-state index contributed by atoms with van der Waals surface area (Å²) >= 11 is 7.60. The van der Waals surface area contributed by atoms with Gasteiger partial charge in [0.1, 0.15) is 28.9 Å². The van der Waals surface area contributed by atoms with Gasteiger partial charge in [-0.15, -0.1) is 11.3 Å². The molecule has 2 atom stereocenters. The summed E-state index contributed by atoms with van der Waals surface area (Å²) in [7, 11) is 1.33. The number of carboxylic acid groups (broad SMARTS) is 1. The van der Waals surface area contributed by atoms with Crippen LogP contribution in [0.25, 0.3) is 16.0 Å². The molecule has 1 N–H and O–H groups in total. The average molecular weight is 570 g/mol. The van der Waals surface area contributed by atoms with Crippen LogP contribution in [-0.4, -0.2) is 58.4 Å². The molecule has 11 heteroatoms. The zero-order chi connectivity index (χ0) is 27.5. The van der Waals surface area contributed by atoms with Gasteiger partial charge in [-0.3, -0.25) is 4.57 Å². The standard InChI is InChI=1S/C28H28ClN3O6S/c1-17(20-7-3-4-8-21(20)29)38-24-13-25(39-26(24)27(33)36-2)32-16-30-22-10-9-19(12-23(22)32)37-15-18-6-5-11-31(14-18)28(34)35/h3-4,7-10,12-13,16-18H,5-6,11,14-15H2,1-2H3,(H,34,35)/t17-,18-/m1/s1. The number of amides is 1. The van der Waals surface area contributed by atoms with Gasteiger partial charge in [0.2, 0.25) is 0 Å². The Bertz CT molecular complexity index is 1500. The molecule has 4 aromatic rings. The van der Waals surface area contributed by atoms with Crippen LogP contribution in [0, 0.1) is 5.92 Å². The number of halogens is 1. The molecule has 0 unspecified atom stereocenters. The number of imidazole rings is 1. The van der Waals surface area contributed by atoms with Gasteiger partial charge in [0, 0.05) is 41.7 Å². The zero-order valence-corrected chi connectivity index (χ0v) is 23.1. The van der Waals surface area contributed by atoms with Gasteiger partial charge in [-0.05, 0) is 38.0 Å². The van der Waals surface area contributed by atoms with Crippen molar-refractivity contribution in [2.45, 2.75) is 25.9 Å². The number of piperidine rings is 1. The van der Waals surface area contributed by atoms with E-state index in [1.165, 1.54) is 23.3 Å². The number of rotatable bonds is 8. The molecule has 39 heavy (non-hydrogen) atoms. The SMILES string of the molecule is COC(=O)c1sc(-n2cnc3ccc(OC[C@@H]4CCCN(C(=O)O)C4)cc32)cc1O[C@H](C)c1ccccc1Cl. The van der Waals surface area contributed by atoms with E-state index in [9.17, 15) is 14.7 Å². The molecular weight excluding hydrogens is 542 g/mol. The van der Waals surface area contributed by atoms with Gasteiger partial charge >= 0.3 is 12.1 Å². The number of hydrogen-bond acceptors (Lipinski definition) is 7. The van der Waals surface area contributed by atoms with Crippen molar-refractivity contribution in [1.29, 1.82) is 0 Å². The van der Waals surface area contributed by atoms with Gasteiger partial charge in [0.25, 0.3) is 0 Å². The lowest BCUT2D eigenvalue weighted by atomic mass is 9.99. The van der Waals surface area contributed by atoms with Crippen molar-refractivity contribution in [3.8, 4) is 16.5 Å². The minimum Gasteiger partial charge on any atom is -0.493 e. The molecule has 1 aliphatic heterocycles. The summed E-state index contributed by atoms with van der Waals surface area (Å²) < 4.78 is 19.2. The van der Waals surface area contributed by atoms with Crippen molar-refractivity contribution in [1.82, 2.24) is 14.5 Å². The molecule has 5 rings (SSSR count). The first-order valence-corrected chi connectivity index (χ1v) is 13.7. The van der Waals surface area contributed by atoms with Crippen LogP contribution in [0.4, 0.5) is 4.79 Å². The van der Waals surface area contributed by atoms with Gasteiger partial charge in [-0.2, -0.15) is 0 Å². The number of likely N-dealkylation sites (tertiary alicyclic amines) is 1. The lowest BCUT2D eigenvalue weighted by Gasteiger charge is -2.30. The highest BCUT2D eigenvalue weighted by molar-refractivity contribution is 7.16. The van der Waals surface area contributed by atoms with Crippen LogP contribution in [0.3, 0.4) is 0 Å². The second-order valence-electron chi connectivity index (χ2n) is 9.36. The van der Waals surface area contributed by atoms with Gasteiger partial charge in [-0.1, -0.05) is 29.8 Å². The molecule has 0 aliphatic carbocycles. The van der Waals surface area contributed by atoms with E-state index in [-0.39, 0.29) is 5.92 Å². The monoisotopic (exact) mass is 569 g/mol. The Kier molecular flexibility index (Phi) is 7.94. The van der Waals surface area contributed by atoms with E-state index in [4.69, 9.17) is 25.8 Å². The topological polar surface area (TPSA) is 103 Å². The molecule has 1 fully saturated rings. The molecule has 0 spiro atoms. The van der Waals surface area contributed by atoms with Crippen molar-refractivity contribution in [2.24, 2.45) is 5.92 Å². The summed E-state index contributed by atoms with van der Waals surface area (Å²) in [4.78, 5) is 30.2. The van der Waals surface area contributed by atoms with E-state index in [1.807, 2.05) is 47.9 Å². The van der Waals surface area contributed by atoms with Gasteiger partial charge < -0.3 is 24.2 Å². The lowest BCUT2D eigenvalue weighted by Crippen LogP contribution is -2.40. The van der Waals surface area contributed by atoms with E-state index in [0.29, 0.717) is 41.1 Å². The molecule has 1 saturated heterocycles. The molecule has 3 heterocycles. The van der Waals surface area contributed by atoms with Crippen LogP contribution in [0.1, 0.15) is 41.1 Å². The van der Waals surface area contributed by atoms with Crippen LogP contribution in [0.5, 0.6) is 11.5 Å². The van der Waals surface area contributed by atoms with Crippen LogP contribution < -0.4 is 9.47 Å². The first-order valence-electron chi connectivity index (χ1n) is 12.6. The maximum absolute atomic E-state index is 12.6. The van der Waals surface area contributed by atoms with Gasteiger partial charge in [0.05, 0.1) is 24.8 Å². The van der Waals surface area contributed by atoms with Crippen molar-refractivity contribution in [2.75, 3.05) is 26.8 Å². The average Bonchev–Trinajstić information content (AvgIpc) is 3.55.